The summed E-state index contributed by atoms with van der Waals surface area (Å²) >= 11 is 0. The number of anilines is 1. The number of amides is 1. The summed E-state index contributed by atoms with van der Waals surface area (Å²) in [7, 11) is 0. The van der Waals surface area contributed by atoms with Gasteiger partial charge < -0.3 is 5.32 Å². The molecule has 0 spiro atoms. The van der Waals surface area contributed by atoms with E-state index in [0.717, 1.165) is 11.4 Å². The van der Waals surface area contributed by atoms with Gasteiger partial charge in [-0.2, -0.15) is 5.10 Å². The van der Waals surface area contributed by atoms with E-state index in [1.807, 2.05) is 24.6 Å². The van der Waals surface area contributed by atoms with Crippen molar-refractivity contribution in [3.63, 3.8) is 0 Å². The van der Waals surface area contributed by atoms with Crippen LogP contribution in [0.15, 0.2) is 30.3 Å². The number of benzene rings is 1. The van der Waals surface area contributed by atoms with Gasteiger partial charge in [0.05, 0.1) is 5.69 Å². The van der Waals surface area contributed by atoms with Gasteiger partial charge in [-0.3, -0.25) is 14.3 Å². The molecule has 0 aliphatic rings. The Morgan fingerprint density at radius 3 is 2.62 bits per heavy atom. The Hall–Kier alpha value is -2.43. The quantitative estimate of drug-likeness (QED) is 0.859. The maximum Gasteiger partial charge on any atom is 0.226 e. The molecule has 0 aliphatic carbocycles. The van der Waals surface area contributed by atoms with Gasteiger partial charge in [-0.05, 0) is 39.0 Å². The molecule has 1 amide bonds. The van der Waals surface area contributed by atoms with Crippen molar-refractivity contribution in [2.24, 2.45) is 0 Å². The van der Waals surface area contributed by atoms with E-state index in [2.05, 4.69) is 10.4 Å². The van der Waals surface area contributed by atoms with E-state index in [0.29, 0.717) is 24.2 Å². The lowest BCUT2D eigenvalue weighted by Gasteiger charge is -2.07. The van der Waals surface area contributed by atoms with Crippen molar-refractivity contribution in [2.45, 2.75) is 33.7 Å². The number of aryl methyl sites for hydroxylation is 3. The van der Waals surface area contributed by atoms with Crippen molar-refractivity contribution >= 4 is 17.4 Å². The second-order valence-electron chi connectivity index (χ2n) is 5.09. The number of rotatable bonds is 5. The average Bonchev–Trinajstić information content (AvgIpc) is 2.75. The van der Waals surface area contributed by atoms with Gasteiger partial charge in [-0.25, -0.2) is 0 Å². The Kier molecular flexibility index (Phi) is 4.52. The lowest BCUT2D eigenvalue weighted by Crippen LogP contribution is -2.15. The molecule has 0 saturated heterocycles. The minimum atomic E-state index is -0.0942. The molecule has 0 bridgehead atoms. The van der Waals surface area contributed by atoms with Gasteiger partial charge in [-0.1, -0.05) is 12.1 Å². The minimum absolute atomic E-state index is 0.0197. The van der Waals surface area contributed by atoms with Crippen LogP contribution in [0.4, 0.5) is 5.69 Å². The van der Waals surface area contributed by atoms with Crippen LogP contribution in [0.1, 0.15) is 35.1 Å². The first kappa shape index (κ1) is 15.0. The van der Waals surface area contributed by atoms with Gasteiger partial charge in [0.15, 0.2) is 5.78 Å². The highest BCUT2D eigenvalue weighted by atomic mass is 16.1. The van der Waals surface area contributed by atoms with Crippen LogP contribution in [0, 0.1) is 13.8 Å². The van der Waals surface area contributed by atoms with Gasteiger partial charge in [-0.15, -0.1) is 0 Å². The van der Waals surface area contributed by atoms with Crippen molar-refractivity contribution < 1.29 is 9.59 Å². The van der Waals surface area contributed by atoms with Crippen LogP contribution in [0.5, 0.6) is 0 Å². The number of carbonyl (C=O) groups is 2. The van der Waals surface area contributed by atoms with Crippen LogP contribution in [0.25, 0.3) is 0 Å². The second-order valence-corrected chi connectivity index (χ2v) is 5.09. The third kappa shape index (κ3) is 4.02. The molecule has 5 heteroatoms. The predicted molar refractivity (Wildman–Crippen MR) is 81.4 cm³/mol. The van der Waals surface area contributed by atoms with Crippen molar-refractivity contribution in [3.05, 3.63) is 47.3 Å². The monoisotopic (exact) mass is 285 g/mol. The minimum Gasteiger partial charge on any atom is -0.326 e. The van der Waals surface area contributed by atoms with Crippen molar-refractivity contribution in [1.29, 1.82) is 0 Å². The molecule has 1 heterocycles. The summed E-state index contributed by atoms with van der Waals surface area (Å²) in [5.74, 6) is -0.114. The first-order valence-electron chi connectivity index (χ1n) is 6.87. The zero-order valence-electron chi connectivity index (χ0n) is 12.5. The molecule has 0 saturated carbocycles. The normalized spacial score (nSPS) is 10.4. The van der Waals surface area contributed by atoms with E-state index >= 15 is 0 Å². The number of nitrogens with one attached hydrogen (secondary N) is 1. The molecule has 1 aromatic heterocycles. The van der Waals surface area contributed by atoms with Crippen LogP contribution in [0.3, 0.4) is 0 Å². The molecule has 2 rings (SSSR count). The van der Waals surface area contributed by atoms with Crippen molar-refractivity contribution in [1.82, 2.24) is 9.78 Å². The van der Waals surface area contributed by atoms with Crippen LogP contribution in [-0.4, -0.2) is 21.5 Å². The molecule has 2 aromatic rings. The van der Waals surface area contributed by atoms with Crippen LogP contribution in [-0.2, 0) is 11.3 Å². The third-order valence-corrected chi connectivity index (χ3v) is 3.21. The lowest BCUT2D eigenvalue weighted by molar-refractivity contribution is -0.116. The molecule has 0 fully saturated rings. The van der Waals surface area contributed by atoms with E-state index in [1.54, 1.807) is 24.3 Å². The smallest absolute Gasteiger partial charge is 0.226 e. The number of carbonyl (C=O) groups excluding carboxylic acids is 2. The highest BCUT2D eigenvalue weighted by Gasteiger charge is 2.07. The highest BCUT2D eigenvalue weighted by Crippen LogP contribution is 2.12. The molecule has 0 radical (unpaired) electrons. The van der Waals surface area contributed by atoms with E-state index in [4.69, 9.17) is 0 Å². The van der Waals surface area contributed by atoms with Gasteiger partial charge >= 0.3 is 0 Å². The fourth-order valence-corrected chi connectivity index (χ4v) is 2.15. The maximum absolute atomic E-state index is 11.9. The van der Waals surface area contributed by atoms with Gasteiger partial charge in [0.1, 0.15) is 0 Å². The molecule has 1 aromatic carbocycles. The molecule has 0 aliphatic heterocycles. The predicted octanol–water partition coefficient (Wildman–Crippen LogP) is 2.73. The summed E-state index contributed by atoms with van der Waals surface area (Å²) in [5, 5.41) is 7.12. The SMILES string of the molecule is CC(=O)c1cccc(NC(=O)CCn2nc(C)cc2C)c1. The summed E-state index contributed by atoms with van der Waals surface area (Å²) in [6.45, 7) is 5.94. The summed E-state index contributed by atoms with van der Waals surface area (Å²) in [5.41, 5.74) is 3.22. The van der Waals surface area contributed by atoms with Crippen molar-refractivity contribution in [3.8, 4) is 0 Å². The molecule has 0 atom stereocenters. The summed E-state index contributed by atoms with van der Waals surface area (Å²) in [6, 6.07) is 8.92. The zero-order valence-corrected chi connectivity index (χ0v) is 12.5. The lowest BCUT2D eigenvalue weighted by atomic mass is 10.1. The third-order valence-electron chi connectivity index (χ3n) is 3.21. The van der Waals surface area contributed by atoms with Gasteiger partial charge in [0.25, 0.3) is 0 Å². The number of Topliss-reactive ketones (excluding diaryl/α,β-unsaturated/α-hetero) is 1. The highest BCUT2D eigenvalue weighted by molar-refractivity contribution is 5.97. The number of hydrogen-bond donors (Lipinski definition) is 1. The Labute approximate surface area is 124 Å². The fraction of sp³-hybridized carbons (Fsp3) is 0.312. The van der Waals surface area contributed by atoms with E-state index in [9.17, 15) is 9.59 Å². The van der Waals surface area contributed by atoms with Gasteiger partial charge in [0, 0.05) is 29.9 Å². The van der Waals surface area contributed by atoms with Gasteiger partial charge in [0.2, 0.25) is 5.91 Å². The maximum atomic E-state index is 11.9. The molecule has 0 unspecified atom stereocenters. The van der Waals surface area contributed by atoms with E-state index < -0.39 is 0 Å². The summed E-state index contributed by atoms with van der Waals surface area (Å²) in [4.78, 5) is 23.3. The van der Waals surface area contributed by atoms with E-state index in [1.165, 1.54) is 6.92 Å². The standard InChI is InChI=1S/C16H19N3O2/c1-11-9-12(2)19(18-11)8-7-16(21)17-15-6-4-5-14(10-15)13(3)20/h4-6,9-10H,7-8H2,1-3H3,(H,17,21). The summed E-state index contributed by atoms with van der Waals surface area (Å²) in [6.07, 6.45) is 0.340. The Morgan fingerprint density at radius 2 is 2.00 bits per heavy atom. The number of nitrogens with zero attached hydrogens (tertiary/aromatic N) is 2. The molecule has 21 heavy (non-hydrogen) atoms. The van der Waals surface area contributed by atoms with Crippen LogP contribution in [0.2, 0.25) is 0 Å². The molecular weight excluding hydrogens is 266 g/mol. The zero-order chi connectivity index (χ0) is 15.4. The summed E-state index contributed by atoms with van der Waals surface area (Å²) < 4.78 is 1.82. The fourth-order valence-electron chi connectivity index (χ4n) is 2.15. The molecule has 1 N–H and O–H groups in total. The second kappa shape index (κ2) is 6.35. The van der Waals surface area contributed by atoms with Crippen LogP contribution >= 0.6 is 0 Å². The molecular formula is C16H19N3O2. The largest absolute Gasteiger partial charge is 0.326 e. The average molecular weight is 285 g/mol. The Balaban J connectivity index is 1.94. The Morgan fingerprint density at radius 1 is 1.24 bits per heavy atom. The van der Waals surface area contributed by atoms with Crippen LogP contribution < -0.4 is 5.32 Å². The van der Waals surface area contributed by atoms with Crippen molar-refractivity contribution in [2.75, 3.05) is 5.32 Å². The number of ketones is 1. The Bertz CT molecular complexity index is 674. The molecule has 5 nitrogen and oxygen atoms in total. The van der Waals surface area contributed by atoms with E-state index in [-0.39, 0.29) is 11.7 Å². The number of hydrogen-bond acceptors (Lipinski definition) is 3. The first-order valence-corrected chi connectivity index (χ1v) is 6.87. The number of aromatic nitrogens is 2. The molecule has 110 valence electrons. The topological polar surface area (TPSA) is 64.0 Å². The first-order chi connectivity index (χ1) is 9.95.